The number of nitrogens with two attached hydrogens (primary N) is 1. The molecule has 6 nitrogen and oxygen atoms in total. The van der Waals surface area contributed by atoms with E-state index in [4.69, 9.17) is 10.5 Å². The molecule has 0 saturated carbocycles. The van der Waals surface area contributed by atoms with Crippen LogP contribution in [0, 0.1) is 5.92 Å². The predicted molar refractivity (Wildman–Crippen MR) is 82.3 cm³/mol. The number of aromatic nitrogens is 2. The minimum Gasteiger partial charge on any atom is -0.397 e. The number of hydrogen-bond donors (Lipinski definition) is 1. The largest absolute Gasteiger partial charge is 0.397 e. The first-order valence-corrected chi connectivity index (χ1v) is 7.81. The van der Waals surface area contributed by atoms with E-state index in [2.05, 4.69) is 10.2 Å². The molecule has 0 aromatic carbocycles. The normalized spacial score (nSPS) is 18.8. The Bertz CT molecular complexity index is 651. The van der Waals surface area contributed by atoms with Gasteiger partial charge in [0, 0.05) is 25.6 Å². The summed E-state index contributed by atoms with van der Waals surface area (Å²) in [6.45, 7) is 2.25. The molecule has 2 aromatic heterocycles. The Morgan fingerprint density at radius 2 is 2.48 bits per heavy atom. The van der Waals surface area contributed by atoms with Crippen molar-refractivity contribution in [3.8, 4) is 0 Å². The standard InChI is InChI=1S/C14H18N4O2S/c1-18(7-9-3-2-6-20-8-9)14(19)12-11(15)10-4-5-16-17-13(10)21-12/h4-5,9H,2-3,6-8,15H2,1H3. The molecule has 3 rings (SSSR count). The molecule has 0 spiro atoms. The minimum atomic E-state index is -0.0546. The van der Waals surface area contributed by atoms with Crippen LogP contribution in [-0.4, -0.2) is 47.8 Å². The van der Waals surface area contributed by atoms with Gasteiger partial charge in [0.1, 0.15) is 9.71 Å². The average Bonchev–Trinajstić information content (AvgIpc) is 2.85. The van der Waals surface area contributed by atoms with Crippen LogP contribution in [0.15, 0.2) is 12.3 Å². The van der Waals surface area contributed by atoms with Crippen LogP contribution in [-0.2, 0) is 4.74 Å². The third kappa shape index (κ3) is 2.84. The molecule has 3 heterocycles. The fourth-order valence-electron chi connectivity index (χ4n) is 2.63. The second-order valence-corrected chi connectivity index (χ2v) is 6.36. The van der Waals surface area contributed by atoms with E-state index >= 15 is 0 Å². The van der Waals surface area contributed by atoms with Crippen LogP contribution >= 0.6 is 11.3 Å². The molecule has 1 fully saturated rings. The van der Waals surface area contributed by atoms with E-state index in [-0.39, 0.29) is 5.91 Å². The molecule has 0 aliphatic carbocycles. The molecule has 1 aliphatic heterocycles. The van der Waals surface area contributed by atoms with E-state index in [1.165, 1.54) is 11.3 Å². The first-order valence-electron chi connectivity index (χ1n) is 6.99. The van der Waals surface area contributed by atoms with E-state index < -0.39 is 0 Å². The Labute approximate surface area is 126 Å². The second-order valence-electron chi connectivity index (χ2n) is 5.36. The number of nitrogens with zero attached hydrogens (tertiary/aromatic N) is 3. The van der Waals surface area contributed by atoms with Gasteiger partial charge in [-0.2, -0.15) is 5.10 Å². The number of anilines is 1. The number of hydrogen-bond acceptors (Lipinski definition) is 6. The molecule has 1 saturated heterocycles. The summed E-state index contributed by atoms with van der Waals surface area (Å²) in [5.41, 5.74) is 6.58. The van der Waals surface area contributed by atoms with Gasteiger partial charge in [-0.3, -0.25) is 4.79 Å². The molecule has 1 amide bonds. The lowest BCUT2D eigenvalue weighted by Gasteiger charge is -2.27. The highest BCUT2D eigenvalue weighted by Crippen LogP contribution is 2.32. The van der Waals surface area contributed by atoms with Crippen LogP contribution in [0.1, 0.15) is 22.5 Å². The summed E-state index contributed by atoms with van der Waals surface area (Å²) in [7, 11) is 1.81. The predicted octanol–water partition coefficient (Wildman–Crippen LogP) is 1.77. The summed E-state index contributed by atoms with van der Waals surface area (Å²) in [5.74, 6) is 0.351. The van der Waals surface area contributed by atoms with E-state index in [1.807, 2.05) is 7.05 Å². The number of carbonyl (C=O) groups excluding carboxylic acids is 1. The maximum absolute atomic E-state index is 12.6. The van der Waals surface area contributed by atoms with Gasteiger partial charge in [0.25, 0.3) is 5.91 Å². The van der Waals surface area contributed by atoms with Crippen molar-refractivity contribution in [3.05, 3.63) is 17.1 Å². The molecular weight excluding hydrogens is 288 g/mol. The second kappa shape index (κ2) is 5.95. The molecule has 0 bridgehead atoms. The van der Waals surface area contributed by atoms with Crippen LogP contribution in [0.25, 0.3) is 10.2 Å². The summed E-state index contributed by atoms with van der Waals surface area (Å²) in [6, 6.07) is 1.79. The summed E-state index contributed by atoms with van der Waals surface area (Å²) >= 11 is 1.30. The lowest BCUT2D eigenvalue weighted by Crippen LogP contribution is -2.35. The van der Waals surface area contributed by atoms with Crippen LogP contribution in [0.4, 0.5) is 5.69 Å². The zero-order chi connectivity index (χ0) is 14.8. The maximum Gasteiger partial charge on any atom is 0.265 e. The fraction of sp³-hybridized carbons (Fsp3) is 0.500. The maximum atomic E-state index is 12.6. The van der Waals surface area contributed by atoms with E-state index in [0.717, 1.165) is 31.4 Å². The third-order valence-electron chi connectivity index (χ3n) is 3.75. The number of nitrogen functional groups attached to an aromatic ring is 1. The van der Waals surface area contributed by atoms with Crippen molar-refractivity contribution < 1.29 is 9.53 Å². The molecule has 112 valence electrons. The molecular formula is C14H18N4O2S. The topological polar surface area (TPSA) is 81.3 Å². The van der Waals surface area contributed by atoms with Crippen molar-refractivity contribution in [1.82, 2.24) is 15.1 Å². The van der Waals surface area contributed by atoms with Gasteiger partial charge in [-0.05, 0) is 24.8 Å². The van der Waals surface area contributed by atoms with Crippen molar-refractivity contribution in [2.75, 3.05) is 32.5 Å². The molecule has 7 heteroatoms. The van der Waals surface area contributed by atoms with Gasteiger partial charge in [-0.1, -0.05) is 0 Å². The van der Waals surface area contributed by atoms with Crippen LogP contribution in [0.3, 0.4) is 0 Å². The van der Waals surface area contributed by atoms with E-state index in [0.29, 0.717) is 27.9 Å². The smallest absolute Gasteiger partial charge is 0.265 e. The lowest BCUT2D eigenvalue weighted by atomic mass is 10.0. The SMILES string of the molecule is CN(CC1CCCOC1)C(=O)c1sc2nnccc2c1N. The van der Waals surface area contributed by atoms with Gasteiger partial charge in [-0.25, -0.2) is 0 Å². The van der Waals surface area contributed by atoms with Crippen LogP contribution < -0.4 is 5.73 Å². The molecule has 2 N–H and O–H groups in total. The first kappa shape index (κ1) is 14.2. The van der Waals surface area contributed by atoms with Gasteiger partial charge in [0.05, 0.1) is 18.5 Å². The number of thiophene rings is 1. The van der Waals surface area contributed by atoms with Crippen molar-refractivity contribution >= 4 is 33.1 Å². The Kier molecular flexibility index (Phi) is 4.03. The monoisotopic (exact) mass is 306 g/mol. The fourth-order valence-corrected chi connectivity index (χ4v) is 3.66. The molecule has 2 aromatic rings. The molecule has 0 radical (unpaired) electrons. The molecule has 21 heavy (non-hydrogen) atoms. The molecule has 1 unspecified atom stereocenters. The highest BCUT2D eigenvalue weighted by Gasteiger charge is 2.23. The Morgan fingerprint density at radius 3 is 3.19 bits per heavy atom. The van der Waals surface area contributed by atoms with Gasteiger partial charge in [0.2, 0.25) is 0 Å². The number of amides is 1. The number of rotatable bonds is 3. The number of ether oxygens (including phenoxy) is 1. The average molecular weight is 306 g/mol. The number of carbonyl (C=O) groups is 1. The summed E-state index contributed by atoms with van der Waals surface area (Å²) in [6.07, 6.45) is 3.75. The highest BCUT2D eigenvalue weighted by molar-refractivity contribution is 7.21. The quantitative estimate of drug-likeness (QED) is 0.934. The highest BCUT2D eigenvalue weighted by atomic mass is 32.1. The van der Waals surface area contributed by atoms with Crippen molar-refractivity contribution in [2.45, 2.75) is 12.8 Å². The van der Waals surface area contributed by atoms with Gasteiger partial charge < -0.3 is 15.4 Å². The van der Waals surface area contributed by atoms with E-state index in [1.54, 1.807) is 17.2 Å². The molecule has 1 atom stereocenters. The minimum absolute atomic E-state index is 0.0546. The lowest BCUT2D eigenvalue weighted by molar-refractivity contribution is 0.0390. The summed E-state index contributed by atoms with van der Waals surface area (Å²) < 4.78 is 5.46. The third-order valence-corrected chi connectivity index (χ3v) is 4.84. The zero-order valence-electron chi connectivity index (χ0n) is 11.9. The van der Waals surface area contributed by atoms with Gasteiger partial charge in [0.15, 0.2) is 0 Å². The Hall–Kier alpha value is -1.73. The van der Waals surface area contributed by atoms with Crippen LogP contribution in [0.2, 0.25) is 0 Å². The van der Waals surface area contributed by atoms with Crippen molar-refractivity contribution in [3.63, 3.8) is 0 Å². The Morgan fingerprint density at radius 1 is 1.62 bits per heavy atom. The zero-order valence-corrected chi connectivity index (χ0v) is 12.7. The van der Waals surface area contributed by atoms with Crippen molar-refractivity contribution in [2.24, 2.45) is 5.92 Å². The summed E-state index contributed by atoms with van der Waals surface area (Å²) in [5, 5.41) is 8.65. The summed E-state index contributed by atoms with van der Waals surface area (Å²) in [4.78, 5) is 15.6. The molecule has 1 aliphatic rings. The van der Waals surface area contributed by atoms with Crippen LogP contribution in [0.5, 0.6) is 0 Å². The first-order chi connectivity index (χ1) is 10.2. The van der Waals surface area contributed by atoms with Gasteiger partial charge in [-0.15, -0.1) is 16.4 Å². The Balaban J connectivity index is 1.77. The number of fused-ring (bicyclic) bond motifs is 1. The van der Waals surface area contributed by atoms with Gasteiger partial charge >= 0.3 is 0 Å². The van der Waals surface area contributed by atoms with Crippen molar-refractivity contribution in [1.29, 1.82) is 0 Å². The van der Waals surface area contributed by atoms with E-state index in [9.17, 15) is 4.79 Å².